The molecule has 0 heterocycles. The first-order valence-corrected chi connectivity index (χ1v) is 14.6. The van der Waals surface area contributed by atoms with Gasteiger partial charge in [0, 0.05) is 12.3 Å². The molecule has 0 saturated heterocycles. The molecule has 5 aliphatic rings. The molecule has 0 spiro atoms. The second-order valence-electron chi connectivity index (χ2n) is 15.3. The topological polar surface area (TPSA) is 26.3 Å². The van der Waals surface area contributed by atoms with Gasteiger partial charge in [-0.3, -0.25) is 4.79 Å². The standard InChI is InChI=1S/C32H52O2/c1-20-12-15-29(6)18-19-31(8)23(27(29)21(20)2)10-11-25-30(7)16-14-26(34-22(3)33)28(4,5)24(30)13-17-32(25,31)9/h21,23-27H,1,10-19H2,2-9H3/t21?,23-,24?,25-,26+,27+,29-,30+,31-,32-/m1/s1. The lowest BCUT2D eigenvalue weighted by atomic mass is 9.31. The Labute approximate surface area is 210 Å². The van der Waals surface area contributed by atoms with Crippen molar-refractivity contribution in [3.8, 4) is 0 Å². The Morgan fingerprint density at radius 1 is 0.853 bits per heavy atom. The lowest BCUT2D eigenvalue weighted by Crippen LogP contribution is -2.67. The molecule has 0 aromatic carbocycles. The van der Waals surface area contributed by atoms with Gasteiger partial charge in [0.05, 0.1) is 0 Å². The molecule has 192 valence electrons. The van der Waals surface area contributed by atoms with Gasteiger partial charge in [-0.15, -0.1) is 0 Å². The van der Waals surface area contributed by atoms with E-state index in [1.807, 2.05) is 0 Å². The first-order chi connectivity index (χ1) is 15.7. The third-order valence-electron chi connectivity index (χ3n) is 13.8. The first kappa shape index (κ1) is 24.9. The predicted octanol–water partition coefficient (Wildman–Crippen LogP) is 8.60. The molecule has 2 heteroatoms. The van der Waals surface area contributed by atoms with Crippen molar-refractivity contribution in [1.82, 2.24) is 0 Å². The molecule has 0 bridgehead atoms. The quantitative estimate of drug-likeness (QED) is 0.284. The Morgan fingerprint density at radius 2 is 1.56 bits per heavy atom. The van der Waals surface area contributed by atoms with Crippen LogP contribution in [0.1, 0.15) is 120 Å². The van der Waals surface area contributed by atoms with Crippen LogP contribution in [0.3, 0.4) is 0 Å². The minimum absolute atomic E-state index is 0.0541. The maximum absolute atomic E-state index is 11.9. The van der Waals surface area contributed by atoms with Crippen LogP contribution in [0.5, 0.6) is 0 Å². The predicted molar refractivity (Wildman–Crippen MR) is 140 cm³/mol. The minimum atomic E-state index is -0.108. The fraction of sp³-hybridized carbons (Fsp3) is 0.906. The van der Waals surface area contributed by atoms with Crippen LogP contribution in [0.15, 0.2) is 12.2 Å². The van der Waals surface area contributed by atoms with E-state index in [1.54, 1.807) is 6.92 Å². The molecule has 0 aromatic rings. The number of fused-ring (bicyclic) bond motifs is 7. The first-order valence-electron chi connectivity index (χ1n) is 14.6. The number of esters is 1. The Bertz CT molecular complexity index is 872. The van der Waals surface area contributed by atoms with Crippen LogP contribution in [0, 0.1) is 56.7 Å². The van der Waals surface area contributed by atoms with Crippen molar-refractivity contribution in [1.29, 1.82) is 0 Å². The summed E-state index contributed by atoms with van der Waals surface area (Å²) in [6.07, 6.45) is 13.2. The highest BCUT2D eigenvalue weighted by Gasteiger charge is 2.70. The fourth-order valence-corrected chi connectivity index (χ4v) is 11.8. The molecular formula is C32H52O2. The average Bonchev–Trinajstić information content (AvgIpc) is 2.74. The highest BCUT2D eigenvalue weighted by atomic mass is 16.5. The van der Waals surface area contributed by atoms with Gasteiger partial charge in [-0.2, -0.15) is 0 Å². The summed E-state index contributed by atoms with van der Waals surface area (Å²) in [5.41, 5.74) is 3.28. The molecule has 2 unspecified atom stereocenters. The summed E-state index contributed by atoms with van der Waals surface area (Å²) >= 11 is 0. The van der Waals surface area contributed by atoms with E-state index in [0.717, 1.165) is 24.2 Å². The zero-order chi connectivity index (χ0) is 24.9. The molecule has 5 fully saturated rings. The van der Waals surface area contributed by atoms with Gasteiger partial charge in [-0.05, 0) is 115 Å². The summed E-state index contributed by atoms with van der Waals surface area (Å²) in [5.74, 6) is 3.64. The van der Waals surface area contributed by atoms with Crippen molar-refractivity contribution in [2.24, 2.45) is 56.7 Å². The normalized spacial score (nSPS) is 54.2. The molecule has 0 aliphatic heterocycles. The summed E-state index contributed by atoms with van der Waals surface area (Å²) in [6, 6.07) is 0. The van der Waals surface area contributed by atoms with Gasteiger partial charge in [-0.1, -0.05) is 60.6 Å². The fourth-order valence-electron chi connectivity index (χ4n) is 11.8. The van der Waals surface area contributed by atoms with Crippen molar-refractivity contribution in [3.05, 3.63) is 12.2 Å². The van der Waals surface area contributed by atoms with E-state index < -0.39 is 0 Å². The van der Waals surface area contributed by atoms with Gasteiger partial charge in [0.15, 0.2) is 0 Å². The van der Waals surface area contributed by atoms with Crippen LogP contribution in [0.2, 0.25) is 0 Å². The van der Waals surface area contributed by atoms with Crippen molar-refractivity contribution in [2.45, 2.75) is 126 Å². The van der Waals surface area contributed by atoms with Gasteiger partial charge in [0.25, 0.3) is 0 Å². The van der Waals surface area contributed by atoms with E-state index in [-0.39, 0.29) is 17.5 Å². The van der Waals surface area contributed by atoms with E-state index in [2.05, 4.69) is 55.0 Å². The lowest BCUT2D eigenvalue weighted by molar-refractivity contribution is -0.253. The number of allylic oxidation sites excluding steroid dienone is 1. The molecule has 0 aromatic heterocycles. The number of carbonyl (C=O) groups is 1. The second-order valence-corrected chi connectivity index (χ2v) is 15.3. The summed E-state index contributed by atoms with van der Waals surface area (Å²) in [5, 5.41) is 0. The number of rotatable bonds is 1. The molecule has 5 saturated carbocycles. The van der Waals surface area contributed by atoms with E-state index in [4.69, 9.17) is 4.74 Å². The third kappa shape index (κ3) is 3.08. The Kier molecular flexibility index (Phi) is 5.57. The molecule has 5 aliphatic carbocycles. The number of hydrogen-bond donors (Lipinski definition) is 0. The summed E-state index contributed by atoms with van der Waals surface area (Å²) in [7, 11) is 0. The van der Waals surface area contributed by atoms with Crippen LogP contribution in [0.4, 0.5) is 0 Å². The van der Waals surface area contributed by atoms with E-state index in [9.17, 15) is 4.79 Å². The molecule has 10 atom stereocenters. The van der Waals surface area contributed by atoms with E-state index in [1.165, 1.54) is 63.4 Å². The van der Waals surface area contributed by atoms with Crippen LogP contribution < -0.4 is 0 Å². The van der Waals surface area contributed by atoms with Crippen LogP contribution in [-0.2, 0) is 9.53 Å². The maximum Gasteiger partial charge on any atom is 0.302 e. The van der Waals surface area contributed by atoms with Crippen LogP contribution >= 0.6 is 0 Å². The van der Waals surface area contributed by atoms with Crippen LogP contribution in [-0.4, -0.2) is 12.1 Å². The third-order valence-corrected chi connectivity index (χ3v) is 13.8. The SMILES string of the molecule is C=C1CC[C@]2(C)CC[C@]3(C)[C@H](CC[C@@H]4[C@@]5(C)CC[C@H](OC(C)=O)C(C)(C)C5CC[C@]43C)[C@@H]2C1C. The highest BCUT2D eigenvalue weighted by molar-refractivity contribution is 5.66. The summed E-state index contributed by atoms with van der Waals surface area (Å²) in [4.78, 5) is 11.9. The van der Waals surface area contributed by atoms with Crippen molar-refractivity contribution < 1.29 is 9.53 Å². The van der Waals surface area contributed by atoms with Gasteiger partial charge in [0.1, 0.15) is 6.10 Å². The largest absolute Gasteiger partial charge is 0.462 e. The average molecular weight is 469 g/mol. The molecular weight excluding hydrogens is 416 g/mol. The van der Waals surface area contributed by atoms with Crippen molar-refractivity contribution in [3.63, 3.8) is 0 Å². The minimum Gasteiger partial charge on any atom is -0.462 e. The van der Waals surface area contributed by atoms with E-state index >= 15 is 0 Å². The van der Waals surface area contributed by atoms with Crippen molar-refractivity contribution in [2.75, 3.05) is 0 Å². The zero-order valence-corrected chi connectivity index (χ0v) is 23.6. The smallest absolute Gasteiger partial charge is 0.302 e. The lowest BCUT2D eigenvalue weighted by Gasteiger charge is -2.73. The Hall–Kier alpha value is -0.790. The number of hydrogen-bond acceptors (Lipinski definition) is 2. The number of ether oxygens (including phenoxy) is 1. The Balaban J connectivity index is 1.50. The second kappa shape index (κ2) is 7.61. The summed E-state index contributed by atoms with van der Waals surface area (Å²) < 4.78 is 5.91. The van der Waals surface area contributed by atoms with E-state index in [0.29, 0.717) is 33.5 Å². The number of carbonyl (C=O) groups excluding carboxylic acids is 1. The van der Waals surface area contributed by atoms with Gasteiger partial charge < -0.3 is 4.74 Å². The van der Waals surface area contributed by atoms with Crippen LogP contribution in [0.25, 0.3) is 0 Å². The Morgan fingerprint density at radius 3 is 2.24 bits per heavy atom. The molecule has 0 amide bonds. The molecule has 0 N–H and O–H groups in total. The van der Waals surface area contributed by atoms with Crippen molar-refractivity contribution >= 4 is 5.97 Å². The molecule has 0 radical (unpaired) electrons. The molecule has 34 heavy (non-hydrogen) atoms. The molecule has 2 nitrogen and oxygen atoms in total. The molecule has 5 rings (SSSR count). The monoisotopic (exact) mass is 468 g/mol. The van der Waals surface area contributed by atoms with Gasteiger partial charge in [-0.25, -0.2) is 0 Å². The summed E-state index contributed by atoms with van der Waals surface area (Å²) in [6.45, 7) is 24.2. The van der Waals surface area contributed by atoms with Gasteiger partial charge in [0.2, 0.25) is 0 Å². The van der Waals surface area contributed by atoms with Gasteiger partial charge >= 0.3 is 5.97 Å². The zero-order valence-electron chi connectivity index (χ0n) is 23.6. The maximum atomic E-state index is 11.9. The highest BCUT2D eigenvalue weighted by Crippen LogP contribution is 2.77.